The third-order valence-electron chi connectivity index (χ3n) is 14.5. The average Bonchev–Trinajstić information content (AvgIpc) is 3.35. The summed E-state index contributed by atoms with van der Waals surface area (Å²) in [5, 5.41) is 23.4. The highest BCUT2D eigenvalue weighted by Crippen LogP contribution is 2.18. The van der Waals surface area contributed by atoms with Crippen molar-refractivity contribution in [3.8, 4) is 0 Å². The van der Waals surface area contributed by atoms with E-state index in [2.05, 4.69) is 43.5 Å². The number of allylic oxidation sites excluding steroid dienone is 4. The summed E-state index contributed by atoms with van der Waals surface area (Å²) in [5.74, 6) is -0.0449. The quantitative estimate of drug-likeness (QED) is 0.0321. The fraction of sp³-hybridized carbons (Fsp3) is 0.905. The number of carbonyl (C=O) groups excluding carboxylic acids is 2. The van der Waals surface area contributed by atoms with Gasteiger partial charge in [0.05, 0.1) is 25.4 Å². The normalized spacial score (nSPS) is 12.7. The van der Waals surface area contributed by atoms with Crippen LogP contribution in [0.15, 0.2) is 24.3 Å². The molecule has 0 aliphatic rings. The molecule has 3 N–H and O–H groups in total. The van der Waals surface area contributed by atoms with Gasteiger partial charge in [0, 0.05) is 12.8 Å². The summed E-state index contributed by atoms with van der Waals surface area (Å²) in [4.78, 5) is 24.5. The molecular formula is C63H121NO5. The summed E-state index contributed by atoms with van der Waals surface area (Å²) in [6.45, 7) is 4.93. The van der Waals surface area contributed by atoms with Gasteiger partial charge in [0.15, 0.2) is 0 Å². The summed E-state index contributed by atoms with van der Waals surface area (Å²) in [6.07, 6.45) is 71.8. The topological polar surface area (TPSA) is 95.9 Å². The van der Waals surface area contributed by atoms with Gasteiger partial charge in [0.1, 0.15) is 0 Å². The number of nitrogens with one attached hydrogen (secondary N) is 1. The van der Waals surface area contributed by atoms with Crippen LogP contribution in [0.25, 0.3) is 0 Å². The molecule has 0 aliphatic heterocycles. The van der Waals surface area contributed by atoms with Gasteiger partial charge in [-0.15, -0.1) is 0 Å². The zero-order valence-corrected chi connectivity index (χ0v) is 46.6. The molecule has 6 nitrogen and oxygen atoms in total. The van der Waals surface area contributed by atoms with Gasteiger partial charge in [-0.3, -0.25) is 9.59 Å². The standard InChI is InChI=1S/C63H121NO5/c1-3-5-7-9-11-13-15-16-17-18-19-20-23-26-29-32-36-39-43-47-51-55-61(66)60(59-65)64-62(67)56-52-48-44-40-37-33-30-27-24-21-22-25-28-31-34-38-42-46-50-54-58-69-63(68)57-53-49-45-41-35-14-12-10-8-6-4-2/h10,12,21,24,60-61,65-66H,3-9,11,13-20,22-23,25-59H2,1-2H3,(H,64,67)/b12-10-,24-21-. The first-order chi connectivity index (χ1) is 34.0. The second-order valence-electron chi connectivity index (χ2n) is 21.4. The van der Waals surface area contributed by atoms with E-state index in [1.807, 2.05) is 0 Å². The molecule has 69 heavy (non-hydrogen) atoms. The fourth-order valence-corrected chi connectivity index (χ4v) is 9.68. The van der Waals surface area contributed by atoms with E-state index in [9.17, 15) is 19.8 Å². The fourth-order valence-electron chi connectivity index (χ4n) is 9.68. The van der Waals surface area contributed by atoms with Crippen LogP contribution >= 0.6 is 0 Å². The van der Waals surface area contributed by atoms with Gasteiger partial charge in [-0.05, 0) is 70.6 Å². The van der Waals surface area contributed by atoms with Crippen molar-refractivity contribution in [3.05, 3.63) is 24.3 Å². The molecule has 0 aliphatic carbocycles. The van der Waals surface area contributed by atoms with Gasteiger partial charge < -0.3 is 20.3 Å². The Morgan fingerprint density at radius 1 is 0.391 bits per heavy atom. The number of esters is 1. The molecule has 0 fully saturated rings. The van der Waals surface area contributed by atoms with Crippen LogP contribution in [-0.2, 0) is 14.3 Å². The van der Waals surface area contributed by atoms with Crippen LogP contribution in [0.5, 0.6) is 0 Å². The van der Waals surface area contributed by atoms with Crippen molar-refractivity contribution in [1.82, 2.24) is 5.32 Å². The summed E-state index contributed by atoms with van der Waals surface area (Å²) < 4.78 is 5.45. The maximum Gasteiger partial charge on any atom is 0.305 e. The number of hydrogen-bond donors (Lipinski definition) is 3. The Morgan fingerprint density at radius 3 is 1.07 bits per heavy atom. The first-order valence-electron chi connectivity index (χ1n) is 31.1. The smallest absolute Gasteiger partial charge is 0.305 e. The van der Waals surface area contributed by atoms with Crippen LogP contribution in [0, 0.1) is 0 Å². The first kappa shape index (κ1) is 67.3. The molecule has 0 rings (SSSR count). The monoisotopic (exact) mass is 972 g/mol. The van der Waals surface area contributed by atoms with Crippen molar-refractivity contribution >= 4 is 11.9 Å². The molecule has 0 aromatic carbocycles. The highest BCUT2D eigenvalue weighted by atomic mass is 16.5. The van der Waals surface area contributed by atoms with E-state index in [4.69, 9.17) is 4.74 Å². The number of ether oxygens (including phenoxy) is 1. The predicted octanol–water partition coefficient (Wildman–Crippen LogP) is 19.4. The van der Waals surface area contributed by atoms with Crippen LogP contribution < -0.4 is 5.32 Å². The maximum absolute atomic E-state index is 12.5. The van der Waals surface area contributed by atoms with Gasteiger partial charge in [0.25, 0.3) is 0 Å². The van der Waals surface area contributed by atoms with Crippen molar-refractivity contribution in [2.45, 2.75) is 353 Å². The zero-order chi connectivity index (χ0) is 50.0. The second-order valence-corrected chi connectivity index (χ2v) is 21.4. The molecule has 408 valence electrons. The molecule has 0 saturated heterocycles. The zero-order valence-electron chi connectivity index (χ0n) is 46.6. The molecular weight excluding hydrogens is 851 g/mol. The minimum Gasteiger partial charge on any atom is -0.466 e. The molecule has 2 atom stereocenters. The third-order valence-corrected chi connectivity index (χ3v) is 14.5. The largest absolute Gasteiger partial charge is 0.466 e. The van der Waals surface area contributed by atoms with Gasteiger partial charge in [-0.2, -0.15) is 0 Å². The minimum absolute atomic E-state index is 0.00439. The summed E-state index contributed by atoms with van der Waals surface area (Å²) in [6, 6.07) is -0.549. The molecule has 0 bridgehead atoms. The van der Waals surface area contributed by atoms with Crippen molar-refractivity contribution in [2.75, 3.05) is 13.2 Å². The lowest BCUT2D eigenvalue weighted by atomic mass is 10.0. The Morgan fingerprint density at radius 2 is 0.696 bits per heavy atom. The van der Waals surface area contributed by atoms with Gasteiger partial charge in [-0.1, -0.05) is 282 Å². The van der Waals surface area contributed by atoms with E-state index < -0.39 is 12.1 Å². The van der Waals surface area contributed by atoms with Crippen molar-refractivity contribution in [1.29, 1.82) is 0 Å². The SMILES string of the molecule is CCCC/C=C\CCCCCCCC(=O)OCCCCCCCCCCC/C=C\CCCCCCCCCC(=O)NC(CO)C(O)CCCCCCCCCCCCCCCCCCCCCCC. The minimum atomic E-state index is -0.671. The summed E-state index contributed by atoms with van der Waals surface area (Å²) in [5.41, 5.74) is 0. The Kier molecular flexibility index (Phi) is 57.5. The molecule has 2 unspecified atom stereocenters. The highest BCUT2D eigenvalue weighted by Gasteiger charge is 2.20. The van der Waals surface area contributed by atoms with E-state index >= 15 is 0 Å². The van der Waals surface area contributed by atoms with Crippen LogP contribution in [0.3, 0.4) is 0 Å². The van der Waals surface area contributed by atoms with E-state index in [0.29, 0.717) is 25.9 Å². The Balaban J connectivity index is 3.44. The van der Waals surface area contributed by atoms with Crippen molar-refractivity contribution < 1.29 is 24.5 Å². The number of rotatable bonds is 58. The predicted molar refractivity (Wildman–Crippen MR) is 301 cm³/mol. The van der Waals surface area contributed by atoms with Crippen LogP contribution in [-0.4, -0.2) is 47.4 Å². The van der Waals surface area contributed by atoms with E-state index in [-0.39, 0.29) is 18.5 Å². The number of aliphatic hydroxyl groups excluding tert-OH is 2. The lowest BCUT2D eigenvalue weighted by Gasteiger charge is -2.22. The number of amides is 1. The van der Waals surface area contributed by atoms with E-state index in [1.165, 1.54) is 263 Å². The Hall–Kier alpha value is -1.66. The van der Waals surface area contributed by atoms with Crippen LogP contribution in [0.4, 0.5) is 0 Å². The second kappa shape index (κ2) is 58.9. The molecule has 0 radical (unpaired) electrons. The van der Waals surface area contributed by atoms with Gasteiger partial charge in [0.2, 0.25) is 5.91 Å². The van der Waals surface area contributed by atoms with Crippen LogP contribution in [0.1, 0.15) is 341 Å². The maximum atomic E-state index is 12.5. The molecule has 0 aromatic heterocycles. The molecule has 0 heterocycles. The molecule has 0 spiro atoms. The number of hydrogen-bond acceptors (Lipinski definition) is 5. The molecule has 1 amide bonds. The number of aliphatic hydroxyl groups is 2. The Labute approximate surface area is 431 Å². The summed E-state index contributed by atoms with van der Waals surface area (Å²) >= 11 is 0. The van der Waals surface area contributed by atoms with Crippen molar-refractivity contribution in [3.63, 3.8) is 0 Å². The van der Waals surface area contributed by atoms with Crippen LogP contribution in [0.2, 0.25) is 0 Å². The molecule has 6 heteroatoms. The molecule has 0 aromatic rings. The summed E-state index contributed by atoms with van der Waals surface area (Å²) in [7, 11) is 0. The molecule has 0 saturated carbocycles. The van der Waals surface area contributed by atoms with Crippen molar-refractivity contribution in [2.24, 2.45) is 0 Å². The highest BCUT2D eigenvalue weighted by molar-refractivity contribution is 5.76. The van der Waals surface area contributed by atoms with E-state index in [0.717, 1.165) is 44.9 Å². The number of carbonyl (C=O) groups is 2. The lowest BCUT2D eigenvalue weighted by molar-refractivity contribution is -0.143. The third kappa shape index (κ3) is 55.5. The average molecular weight is 973 g/mol. The lowest BCUT2D eigenvalue weighted by Crippen LogP contribution is -2.45. The Bertz CT molecular complexity index is 1080. The number of unbranched alkanes of at least 4 members (excludes halogenated alkanes) is 43. The first-order valence-corrected chi connectivity index (χ1v) is 31.1. The van der Waals surface area contributed by atoms with Gasteiger partial charge in [-0.25, -0.2) is 0 Å². The van der Waals surface area contributed by atoms with E-state index in [1.54, 1.807) is 0 Å². The van der Waals surface area contributed by atoms with Gasteiger partial charge >= 0.3 is 5.97 Å².